The fourth-order valence-electron chi connectivity index (χ4n) is 2.79. The van der Waals surface area contributed by atoms with Crippen LogP contribution in [0.2, 0.25) is 0 Å². The number of carbonyl (C=O) groups excluding carboxylic acids is 1. The topological polar surface area (TPSA) is 119 Å². The van der Waals surface area contributed by atoms with Crippen molar-refractivity contribution < 1.29 is 41.3 Å². The summed E-state index contributed by atoms with van der Waals surface area (Å²) in [5, 5.41) is 2.71. The molecule has 0 fully saturated rings. The van der Waals surface area contributed by atoms with E-state index in [-0.39, 0.29) is 24.4 Å². The van der Waals surface area contributed by atoms with Gasteiger partial charge in [0.1, 0.15) is 11.8 Å². The van der Waals surface area contributed by atoms with Gasteiger partial charge in [-0.1, -0.05) is 12.1 Å². The van der Waals surface area contributed by atoms with Crippen molar-refractivity contribution in [3.63, 3.8) is 0 Å². The molecule has 0 radical (unpaired) electrons. The van der Waals surface area contributed by atoms with E-state index in [0.29, 0.717) is 5.56 Å². The number of carbonyl (C=O) groups is 1. The Balaban J connectivity index is 3.05. The highest BCUT2D eigenvalue weighted by Crippen LogP contribution is 2.51. The number of methoxy groups -OCH3 is 1. The minimum Gasteiger partial charge on any atom is -0.468 e. The molecule has 0 aromatic heterocycles. The monoisotopic (exact) mass is 523 g/mol. The smallest absolute Gasteiger partial charge is 0.468 e. The Labute approximate surface area is 203 Å². The first-order valence-corrected chi connectivity index (χ1v) is 14.2. The van der Waals surface area contributed by atoms with Crippen molar-refractivity contribution in [3.05, 3.63) is 29.8 Å². The van der Waals surface area contributed by atoms with Gasteiger partial charge in [-0.15, -0.1) is 0 Å². The van der Waals surface area contributed by atoms with Crippen LogP contribution in [0, 0.1) is 0 Å². The highest BCUT2D eigenvalue weighted by molar-refractivity contribution is 7.51. The van der Waals surface area contributed by atoms with Crippen LogP contribution in [-0.4, -0.2) is 43.5 Å². The first-order chi connectivity index (χ1) is 15.7. The van der Waals surface area contributed by atoms with Crippen molar-refractivity contribution in [1.29, 1.82) is 0 Å². The van der Waals surface area contributed by atoms with E-state index in [2.05, 4.69) is 5.09 Å². The molecule has 1 N–H and O–H groups in total. The summed E-state index contributed by atoms with van der Waals surface area (Å²) in [6, 6.07) is 5.52. The van der Waals surface area contributed by atoms with Gasteiger partial charge in [0.2, 0.25) is 0 Å². The van der Waals surface area contributed by atoms with Gasteiger partial charge >= 0.3 is 21.5 Å². The van der Waals surface area contributed by atoms with Crippen molar-refractivity contribution in [2.75, 3.05) is 7.11 Å². The molecular formula is C22H39NO9P2. The molecule has 0 unspecified atom stereocenters. The lowest BCUT2D eigenvalue weighted by Crippen LogP contribution is -2.39. The van der Waals surface area contributed by atoms with E-state index in [0.717, 1.165) is 0 Å². The Morgan fingerprint density at radius 1 is 0.794 bits per heavy atom. The van der Waals surface area contributed by atoms with Crippen molar-refractivity contribution in [1.82, 2.24) is 5.09 Å². The van der Waals surface area contributed by atoms with Crippen LogP contribution in [0.1, 0.15) is 61.0 Å². The predicted molar refractivity (Wildman–Crippen MR) is 130 cm³/mol. The number of hydrogen-bond donors (Lipinski definition) is 1. The summed E-state index contributed by atoms with van der Waals surface area (Å²) in [5.41, 5.74) is 0.695. The maximum Gasteiger partial charge on any atom is 0.530 e. The summed E-state index contributed by atoms with van der Waals surface area (Å²) < 4.78 is 58.3. The predicted octanol–water partition coefficient (Wildman–Crippen LogP) is 5.66. The molecule has 0 bridgehead atoms. The van der Waals surface area contributed by atoms with Crippen LogP contribution in [0.4, 0.5) is 0 Å². The van der Waals surface area contributed by atoms with Gasteiger partial charge in [-0.05, 0) is 79.5 Å². The maximum atomic E-state index is 13.2. The van der Waals surface area contributed by atoms with Crippen molar-refractivity contribution in [2.45, 2.75) is 92.3 Å². The second-order valence-electron chi connectivity index (χ2n) is 8.71. The Hall–Kier alpha value is -1.25. The average Bonchev–Trinajstić information content (AvgIpc) is 2.65. The normalized spacial score (nSPS) is 13.7. The molecule has 0 saturated carbocycles. The van der Waals surface area contributed by atoms with Gasteiger partial charge < -0.3 is 9.26 Å². The molecule has 34 heavy (non-hydrogen) atoms. The van der Waals surface area contributed by atoms with Crippen molar-refractivity contribution in [3.8, 4) is 5.75 Å². The molecule has 1 rings (SSSR count). The Kier molecular flexibility index (Phi) is 12.4. The third-order valence-electron chi connectivity index (χ3n) is 3.76. The van der Waals surface area contributed by atoms with E-state index in [4.69, 9.17) is 27.4 Å². The van der Waals surface area contributed by atoms with Crippen LogP contribution in [0.3, 0.4) is 0 Å². The molecule has 0 saturated heterocycles. The highest BCUT2D eigenvalue weighted by Gasteiger charge is 2.35. The Morgan fingerprint density at radius 3 is 1.62 bits per heavy atom. The van der Waals surface area contributed by atoms with E-state index >= 15 is 0 Å². The van der Waals surface area contributed by atoms with E-state index in [1.807, 2.05) is 0 Å². The third kappa shape index (κ3) is 11.5. The van der Waals surface area contributed by atoms with Crippen molar-refractivity contribution >= 4 is 21.5 Å². The zero-order valence-corrected chi connectivity index (χ0v) is 23.3. The number of rotatable bonds is 15. The van der Waals surface area contributed by atoms with Crippen LogP contribution >= 0.6 is 15.6 Å². The lowest BCUT2D eigenvalue weighted by molar-refractivity contribution is -0.142. The number of phosphoric ester groups is 1. The Bertz CT molecular complexity index is 828. The van der Waals surface area contributed by atoms with Crippen molar-refractivity contribution in [2.24, 2.45) is 0 Å². The average molecular weight is 524 g/mol. The van der Waals surface area contributed by atoms with Gasteiger partial charge in [-0.3, -0.25) is 22.9 Å². The standard InChI is InChI=1S/C22H39NO9P2/c1-15(2)28-33(25,29-16(3)4)23-21(22(24)27-9)14-19-10-12-20(13-11-19)32-34(26,30-17(5)6)31-18(7)8/h10-13,15-18,21H,14H2,1-9H3,(H,23,25)/t21-/m0/s1. The molecule has 0 aliphatic rings. The molecular weight excluding hydrogens is 484 g/mol. The van der Waals surface area contributed by atoms with E-state index < -0.39 is 39.8 Å². The molecule has 1 atom stereocenters. The lowest BCUT2D eigenvalue weighted by atomic mass is 10.1. The Morgan fingerprint density at radius 2 is 1.24 bits per heavy atom. The maximum absolute atomic E-state index is 13.2. The fraction of sp³-hybridized carbons (Fsp3) is 0.682. The summed E-state index contributed by atoms with van der Waals surface area (Å²) in [7, 11) is -6.39. The van der Waals surface area contributed by atoms with E-state index in [1.165, 1.54) is 7.11 Å². The molecule has 0 aliphatic heterocycles. The zero-order chi connectivity index (χ0) is 26.1. The van der Waals surface area contributed by atoms with Crippen LogP contribution in [0.15, 0.2) is 24.3 Å². The second-order valence-corrected chi connectivity index (χ2v) is 11.9. The summed E-state index contributed by atoms with van der Waals surface area (Å²) >= 11 is 0. The van der Waals surface area contributed by atoms with Crippen LogP contribution in [0.25, 0.3) is 0 Å². The van der Waals surface area contributed by atoms with Gasteiger partial charge in [-0.2, -0.15) is 0 Å². The summed E-state index contributed by atoms with van der Waals surface area (Å²) in [6.07, 6.45) is -1.41. The molecule has 196 valence electrons. The lowest BCUT2D eigenvalue weighted by Gasteiger charge is -2.26. The molecule has 12 heteroatoms. The summed E-state index contributed by atoms with van der Waals surface area (Å²) in [4.78, 5) is 12.4. The quantitative estimate of drug-likeness (QED) is 0.228. The van der Waals surface area contributed by atoms with Gasteiger partial charge in [0, 0.05) is 0 Å². The number of nitrogens with one attached hydrogen (secondary N) is 1. The van der Waals surface area contributed by atoms with Gasteiger partial charge in [0.25, 0.3) is 0 Å². The highest BCUT2D eigenvalue weighted by atomic mass is 31.2. The van der Waals surface area contributed by atoms with Crippen LogP contribution in [0.5, 0.6) is 5.75 Å². The second kappa shape index (κ2) is 13.7. The summed E-state index contributed by atoms with van der Waals surface area (Å²) in [6.45, 7) is 13.8. The van der Waals surface area contributed by atoms with Gasteiger partial charge in [0.05, 0.1) is 31.5 Å². The number of hydrogen-bond acceptors (Lipinski definition) is 9. The number of ether oxygens (including phenoxy) is 1. The molecule has 0 spiro atoms. The molecule has 1 aromatic carbocycles. The first-order valence-electron chi connectivity index (χ1n) is 11.2. The zero-order valence-electron chi connectivity index (χ0n) is 21.5. The molecule has 10 nitrogen and oxygen atoms in total. The molecule has 1 aromatic rings. The number of benzene rings is 1. The molecule has 0 heterocycles. The van der Waals surface area contributed by atoms with Gasteiger partial charge in [0.15, 0.2) is 0 Å². The molecule has 0 amide bonds. The molecule has 0 aliphatic carbocycles. The van der Waals surface area contributed by atoms with Crippen LogP contribution < -0.4 is 9.61 Å². The number of phosphoric acid groups is 1. The minimum absolute atomic E-state index is 0.127. The number of esters is 1. The van der Waals surface area contributed by atoms with E-state index in [1.54, 1.807) is 79.7 Å². The minimum atomic E-state index is -3.83. The largest absolute Gasteiger partial charge is 0.530 e. The summed E-state index contributed by atoms with van der Waals surface area (Å²) in [5.74, 6) is -0.353. The first kappa shape index (κ1) is 30.8. The van der Waals surface area contributed by atoms with E-state index in [9.17, 15) is 13.9 Å². The van der Waals surface area contributed by atoms with Crippen LogP contribution in [-0.2, 0) is 43.2 Å². The third-order valence-corrected chi connectivity index (χ3v) is 7.58. The SMILES string of the molecule is COC(=O)[C@H](Cc1ccc(OP(=O)(OC(C)C)OC(C)C)cc1)NP(=O)(OC(C)C)OC(C)C. The fourth-order valence-corrected chi connectivity index (χ4v) is 6.20. The van der Waals surface area contributed by atoms with Gasteiger partial charge in [-0.25, -0.2) is 14.2 Å².